The molecule has 0 aliphatic heterocycles. The maximum absolute atomic E-state index is 12.6. The molecule has 7 nitrogen and oxygen atoms in total. The van der Waals surface area contributed by atoms with Gasteiger partial charge in [-0.25, -0.2) is 9.97 Å². The molecule has 0 radical (unpaired) electrons. The molecule has 4 aromatic rings. The van der Waals surface area contributed by atoms with Crippen molar-refractivity contribution in [2.24, 2.45) is 0 Å². The van der Waals surface area contributed by atoms with Crippen LogP contribution in [-0.4, -0.2) is 36.6 Å². The van der Waals surface area contributed by atoms with Gasteiger partial charge in [0.1, 0.15) is 11.5 Å². The van der Waals surface area contributed by atoms with Gasteiger partial charge in [-0.2, -0.15) is 0 Å². The molecule has 0 unspecified atom stereocenters. The van der Waals surface area contributed by atoms with Gasteiger partial charge in [0.25, 0.3) is 0 Å². The van der Waals surface area contributed by atoms with Gasteiger partial charge in [0.05, 0.1) is 32.2 Å². The zero-order valence-corrected chi connectivity index (χ0v) is 19.5. The summed E-state index contributed by atoms with van der Waals surface area (Å²) in [5, 5.41) is 6.50. The topological polar surface area (TPSA) is 85.4 Å². The van der Waals surface area contributed by atoms with Gasteiger partial charge in [-0.1, -0.05) is 23.7 Å². The van der Waals surface area contributed by atoms with Gasteiger partial charge >= 0.3 is 0 Å². The highest BCUT2D eigenvalue weighted by atomic mass is 35.5. The molecule has 0 aliphatic rings. The molecule has 0 bridgehead atoms. The van der Waals surface area contributed by atoms with Crippen molar-refractivity contribution in [1.29, 1.82) is 0 Å². The SMILES string of the molecule is COc1ccc(NCC(=O)Nc2nc(-c3ccc(Cl)cc3)cc(-c3ccc(OC)cc3)n2)cc1. The molecule has 8 heteroatoms. The molecule has 1 aromatic heterocycles. The fourth-order valence-corrected chi connectivity index (χ4v) is 3.37. The lowest BCUT2D eigenvalue weighted by molar-refractivity contribution is -0.114. The summed E-state index contributed by atoms with van der Waals surface area (Å²) in [7, 11) is 3.22. The molecule has 0 fully saturated rings. The van der Waals surface area contributed by atoms with Gasteiger partial charge in [-0.3, -0.25) is 10.1 Å². The predicted octanol–water partition coefficient (Wildman–Crippen LogP) is 5.53. The van der Waals surface area contributed by atoms with Crippen LogP contribution in [0.2, 0.25) is 5.02 Å². The minimum atomic E-state index is -0.273. The van der Waals surface area contributed by atoms with E-state index in [9.17, 15) is 4.79 Å². The first-order chi connectivity index (χ1) is 16.5. The molecule has 3 aromatic carbocycles. The highest BCUT2D eigenvalue weighted by Crippen LogP contribution is 2.27. The largest absolute Gasteiger partial charge is 0.497 e. The number of methoxy groups -OCH3 is 2. The lowest BCUT2D eigenvalue weighted by Gasteiger charge is -2.11. The van der Waals surface area contributed by atoms with Gasteiger partial charge in [-0.15, -0.1) is 0 Å². The summed E-state index contributed by atoms with van der Waals surface area (Å²) in [6, 6.07) is 24.1. The van der Waals surface area contributed by atoms with Crippen LogP contribution in [0, 0.1) is 0 Å². The zero-order chi connectivity index (χ0) is 23.9. The average Bonchev–Trinajstić information content (AvgIpc) is 2.88. The Balaban J connectivity index is 1.57. The minimum absolute atomic E-state index is 0.0543. The van der Waals surface area contributed by atoms with Crippen molar-refractivity contribution < 1.29 is 14.3 Å². The number of carbonyl (C=O) groups excluding carboxylic acids is 1. The van der Waals surface area contributed by atoms with E-state index >= 15 is 0 Å². The molecule has 0 aliphatic carbocycles. The van der Waals surface area contributed by atoms with E-state index in [0.717, 1.165) is 28.3 Å². The van der Waals surface area contributed by atoms with Crippen molar-refractivity contribution >= 4 is 29.1 Å². The second kappa shape index (κ2) is 10.7. The summed E-state index contributed by atoms with van der Waals surface area (Å²) in [6.07, 6.45) is 0. The number of nitrogens with one attached hydrogen (secondary N) is 2. The van der Waals surface area contributed by atoms with Crippen LogP contribution in [-0.2, 0) is 4.79 Å². The van der Waals surface area contributed by atoms with Crippen LogP contribution >= 0.6 is 11.6 Å². The summed E-state index contributed by atoms with van der Waals surface area (Å²) in [5.74, 6) is 1.42. The molecule has 1 heterocycles. The molecular formula is C26H23ClN4O3. The number of rotatable bonds is 8. The number of aromatic nitrogens is 2. The molecule has 0 saturated carbocycles. The Morgan fingerprint density at radius 1 is 0.794 bits per heavy atom. The number of hydrogen-bond acceptors (Lipinski definition) is 6. The van der Waals surface area contributed by atoms with E-state index in [1.54, 1.807) is 26.4 Å². The average molecular weight is 475 g/mol. The van der Waals surface area contributed by atoms with Crippen LogP contribution in [0.25, 0.3) is 22.5 Å². The number of carbonyl (C=O) groups is 1. The lowest BCUT2D eigenvalue weighted by Crippen LogP contribution is -2.23. The smallest absolute Gasteiger partial charge is 0.246 e. The summed E-state index contributed by atoms with van der Waals surface area (Å²) in [4.78, 5) is 21.7. The van der Waals surface area contributed by atoms with Gasteiger partial charge in [-0.05, 0) is 66.7 Å². The number of anilines is 2. The molecule has 0 saturated heterocycles. The summed E-state index contributed by atoms with van der Waals surface area (Å²) in [5.41, 5.74) is 3.85. The molecule has 4 rings (SSSR count). The molecule has 34 heavy (non-hydrogen) atoms. The Labute approximate surface area is 202 Å². The number of ether oxygens (including phenoxy) is 2. The monoisotopic (exact) mass is 474 g/mol. The zero-order valence-electron chi connectivity index (χ0n) is 18.7. The van der Waals surface area contributed by atoms with E-state index in [1.807, 2.05) is 66.7 Å². The third-order valence-corrected chi connectivity index (χ3v) is 5.30. The van der Waals surface area contributed by atoms with E-state index < -0.39 is 0 Å². The normalized spacial score (nSPS) is 10.4. The van der Waals surface area contributed by atoms with Crippen LogP contribution in [0.4, 0.5) is 11.6 Å². The predicted molar refractivity (Wildman–Crippen MR) is 135 cm³/mol. The molecule has 0 spiro atoms. The fourth-order valence-electron chi connectivity index (χ4n) is 3.24. The first-order valence-corrected chi connectivity index (χ1v) is 10.9. The van der Waals surface area contributed by atoms with Crippen LogP contribution in [0.5, 0.6) is 11.5 Å². The van der Waals surface area contributed by atoms with Crippen molar-refractivity contribution in [3.05, 3.63) is 83.9 Å². The molecular weight excluding hydrogens is 452 g/mol. The molecule has 0 atom stereocenters. The van der Waals surface area contributed by atoms with Crippen LogP contribution < -0.4 is 20.1 Å². The number of benzene rings is 3. The van der Waals surface area contributed by atoms with Crippen LogP contribution in [0.3, 0.4) is 0 Å². The summed E-state index contributed by atoms with van der Waals surface area (Å²) < 4.78 is 10.4. The summed E-state index contributed by atoms with van der Waals surface area (Å²) in [6.45, 7) is 0.0543. The van der Waals surface area contributed by atoms with E-state index in [1.165, 1.54) is 0 Å². The van der Waals surface area contributed by atoms with Gasteiger partial charge in [0, 0.05) is 21.8 Å². The van der Waals surface area contributed by atoms with E-state index in [0.29, 0.717) is 16.4 Å². The van der Waals surface area contributed by atoms with Crippen LogP contribution in [0.1, 0.15) is 0 Å². The van der Waals surface area contributed by atoms with Gasteiger partial charge in [0.2, 0.25) is 11.9 Å². The number of amides is 1. The second-order valence-electron chi connectivity index (χ2n) is 7.33. The number of nitrogens with zero attached hydrogens (tertiary/aromatic N) is 2. The second-order valence-corrected chi connectivity index (χ2v) is 7.76. The van der Waals surface area contributed by atoms with E-state index in [-0.39, 0.29) is 18.4 Å². The van der Waals surface area contributed by atoms with Crippen molar-refractivity contribution in [3.63, 3.8) is 0 Å². The Morgan fingerprint density at radius 2 is 1.29 bits per heavy atom. The van der Waals surface area contributed by atoms with Crippen LogP contribution in [0.15, 0.2) is 78.9 Å². The van der Waals surface area contributed by atoms with Crippen molar-refractivity contribution in [3.8, 4) is 34.0 Å². The number of halogens is 1. The first-order valence-electron chi connectivity index (χ1n) is 10.5. The maximum Gasteiger partial charge on any atom is 0.246 e. The molecule has 1 amide bonds. The highest BCUT2D eigenvalue weighted by molar-refractivity contribution is 6.30. The standard InChI is InChI=1S/C26H23ClN4O3/c1-33-21-11-5-18(6-12-21)24-15-23(17-3-7-19(27)8-4-17)29-26(30-24)31-25(32)16-28-20-9-13-22(34-2)14-10-20/h3-15,28H,16H2,1-2H3,(H,29,30,31,32). The minimum Gasteiger partial charge on any atom is -0.497 e. The fraction of sp³-hybridized carbons (Fsp3) is 0.115. The van der Waals surface area contributed by atoms with E-state index in [2.05, 4.69) is 20.6 Å². The third kappa shape index (κ3) is 5.82. The molecule has 2 N–H and O–H groups in total. The van der Waals surface area contributed by atoms with Crippen molar-refractivity contribution in [2.75, 3.05) is 31.4 Å². The van der Waals surface area contributed by atoms with E-state index in [4.69, 9.17) is 21.1 Å². The Morgan fingerprint density at radius 3 is 1.82 bits per heavy atom. The van der Waals surface area contributed by atoms with Gasteiger partial charge in [0.15, 0.2) is 0 Å². The highest BCUT2D eigenvalue weighted by Gasteiger charge is 2.12. The maximum atomic E-state index is 12.6. The quantitative estimate of drug-likeness (QED) is 0.349. The third-order valence-electron chi connectivity index (χ3n) is 5.05. The Kier molecular flexibility index (Phi) is 7.25. The molecule has 172 valence electrons. The summed E-state index contributed by atoms with van der Waals surface area (Å²) >= 11 is 6.04. The number of hydrogen-bond donors (Lipinski definition) is 2. The van der Waals surface area contributed by atoms with Crippen molar-refractivity contribution in [1.82, 2.24) is 9.97 Å². The lowest BCUT2D eigenvalue weighted by atomic mass is 10.1. The van der Waals surface area contributed by atoms with Gasteiger partial charge < -0.3 is 14.8 Å². The Bertz CT molecular complexity index is 1260. The van der Waals surface area contributed by atoms with Crippen molar-refractivity contribution in [2.45, 2.75) is 0 Å². The first kappa shape index (κ1) is 23.1. The Hall–Kier alpha value is -4.10.